The molecule has 34 heavy (non-hydrogen) atoms. The fourth-order valence-corrected chi connectivity index (χ4v) is 5.11. The average molecular weight is 465 g/mol. The molecule has 8 nitrogen and oxygen atoms in total. The summed E-state index contributed by atoms with van der Waals surface area (Å²) in [6.45, 7) is 0.694. The summed E-state index contributed by atoms with van der Waals surface area (Å²) in [6, 6.07) is 5.14. The summed E-state index contributed by atoms with van der Waals surface area (Å²) in [5, 5.41) is 0. The quantitative estimate of drug-likeness (QED) is 0.486. The first kappa shape index (κ1) is 20.8. The zero-order valence-corrected chi connectivity index (χ0v) is 18.3. The van der Waals surface area contributed by atoms with Gasteiger partial charge in [0.15, 0.2) is 11.6 Å². The van der Waals surface area contributed by atoms with Crippen molar-refractivity contribution in [2.45, 2.75) is 31.6 Å². The molecular formula is C24H21F2N5O3. The Labute approximate surface area is 192 Å². The van der Waals surface area contributed by atoms with Crippen LogP contribution < -0.4 is 10.5 Å². The van der Waals surface area contributed by atoms with Crippen molar-refractivity contribution >= 4 is 28.3 Å². The Hall–Kier alpha value is -3.79. The second-order valence-corrected chi connectivity index (χ2v) is 8.59. The molecule has 10 heteroatoms. The molecule has 4 heterocycles. The van der Waals surface area contributed by atoms with E-state index in [4.69, 9.17) is 15.2 Å². The first-order chi connectivity index (χ1) is 16.5. The van der Waals surface area contributed by atoms with E-state index >= 15 is 4.39 Å². The highest BCUT2D eigenvalue weighted by atomic mass is 19.1. The lowest BCUT2D eigenvalue weighted by Crippen LogP contribution is -2.48. The molecule has 2 N–H and O–H groups in total. The fraction of sp³-hybridized carbons (Fsp3) is 0.292. The van der Waals surface area contributed by atoms with E-state index in [0.29, 0.717) is 41.7 Å². The highest BCUT2D eigenvalue weighted by Crippen LogP contribution is 2.42. The Kier molecular flexibility index (Phi) is 4.66. The average Bonchev–Trinajstić information content (AvgIpc) is 3.33. The number of amides is 1. The maximum absolute atomic E-state index is 15.2. The van der Waals surface area contributed by atoms with Gasteiger partial charge in [-0.25, -0.2) is 18.7 Å². The largest absolute Gasteiger partial charge is 0.494 e. The summed E-state index contributed by atoms with van der Waals surface area (Å²) in [5.74, 6) is -1.37. The number of nitrogens with zero attached hydrogens (tertiary/aromatic N) is 4. The lowest BCUT2D eigenvalue weighted by molar-refractivity contribution is -0.0573. The molecule has 0 spiro atoms. The summed E-state index contributed by atoms with van der Waals surface area (Å²) in [7, 11) is 1.40. The third kappa shape index (κ3) is 3.02. The Bertz CT molecular complexity index is 1470. The van der Waals surface area contributed by atoms with Crippen LogP contribution in [0.2, 0.25) is 0 Å². The second-order valence-electron chi connectivity index (χ2n) is 8.59. The van der Waals surface area contributed by atoms with Crippen LogP contribution in [0.1, 0.15) is 40.4 Å². The number of halogens is 2. The SMILES string of the molecule is COc1cc2c(cc1F)[C@H]1[C@H](CCCN1C(=O)c1cc3c(cc1F)nc(N)c1cncn13)OC2. The molecular weight excluding hydrogens is 444 g/mol. The maximum Gasteiger partial charge on any atom is 0.257 e. The number of carbonyl (C=O) groups excluding carboxylic acids is 1. The Balaban J connectivity index is 1.46. The van der Waals surface area contributed by atoms with E-state index in [2.05, 4.69) is 9.97 Å². The number of ether oxygens (including phenoxy) is 2. The highest BCUT2D eigenvalue weighted by Gasteiger charge is 2.41. The van der Waals surface area contributed by atoms with Gasteiger partial charge in [0.1, 0.15) is 17.2 Å². The van der Waals surface area contributed by atoms with Crippen molar-refractivity contribution in [1.29, 1.82) is 0 Å². The molecule has 0 bridgehead atoms. The van der Waals surface area contributed by atoms with Crippen LogP contribution in [0.25, 0.3) is 16.6 Å². The third-order valence-corrected chi connectivity index (χ3v) is 6.72. The zero-order valence-electron chi connectivity index (χ0n) is 18.3. The van der Waals surface area contributed by atoms with E-state index in [1.807, 2.05) is 0 Å². The first-order valence-corrected chi connectivity index (χ1v) is 11.0. The number of nitrogens with two attached hydrogens (primary N) is 1. The predicted molar refractivity (Wildman–Crippen MR) is 119 cm³/mol. The van der Waals surface area contributed by atoms with Gasteiger partial charge < -0.3 is 20.1 Å². The van der Waals surface area contributed by atoms with Crippen LogP contribution in [0.5, 0.6) is 5.75 Å². The smallest absolute Gasteiger partial charge is 0.257 e. The van der Waals surface area contributed by atoms with Crippen molar-refractivity contribution in [3.8, 4) is 5.75 Å². The number of imidazole rings is 1. The molecule has 6 rings (SSSR count). The highest BCUT2D eigenvalue weighted by molar-refractivity contribution is 5.99. The number of carbonyl (C=O) groups is 1. The van der Waals surface area contributed by atoms with E-state index < -0.39 is 23.6 Å². The van der Waals surface area contributed by atoms with Gasteiger partial charge in [-0.15, -0.1) is 0 Å². The standard InChI is InChI=1S/C24H21F2N5O3/c1-33-21-5-12-10-34-20-3-2-4-30(22(20)13(12)6-16(21)26)24(32)14-7-18-17(8-15(14)25)29-23(27)19-9-28-11-31(18)19/h5-9,11,20,22H,2-4,10H2,1H3,(H2,27,29)/t20-,22-/m0/s1. The number of fused-ring (bicyclic) bond motifs is 6. The first-order valence-electron chi connectivity index (χ1n) is 11.0. The Morgan fingerprint density at radius 3 is 2.88 bits per heavy atom. The van der Waals surface area contributed by atoms with E-state index in [1.165, 1.54) is 25.3 Å². The number of piperidine rings is 1. The van der Waals surface area contributed by atoms with Gasteiger partial charge in [0.25, 0.3) is 5.91 Å². The van der Waals surface area contributed by atoms with Gasteiger partial charge in [0.2, 0.25) is 0 Å². The van der Waals surface area contributed by atoms with Crippen LogP contribution in [0.3, 0.4) is 0 Å². The number of hydrogen-bond donors (Lipinski definition) is 1. The molecule has 0 aliphatic carbocycles. The van der Waals surface area contributed by atoms with Crippen molar-refractivity contribution in [3.63, 3.8) is 0 Å². The van der Waals surface area contributed by atoms with Gasteiger partial charge in [-0.2, -0.15) is 0 Å². The van der Waals surface area contributed by atoms with Crippen LogP contribution in [0, 0.1) is 11.6 Å². The summed E-state index contributed by atoms with van der Waals surface area (Å²) in [5.41, 5.74) is 8.66. The zero-order chi connectivity index (χ0) is 23.6. The molecule has 0 unspecified atom stereocenters. The maximum atomic E-state index is 15.2. The summed E-state index contributed by atoms with van der Waals surface area (Å²) >= 11 is 0. The number of aromatic nitrogens is 3. The fourth-order valence-electron chi connectivity index (χ4n) is 5.11. The Morgan fingerprint density at radius 2 is 2.06 bits per heavy atom. The van der Waals surface area contributed by atoms with Crippen molar-refractivity contribution in [2.24, 2.45) is 0 Å². The predicted octanol–water partition coefficient (Wildman–Crippen LogP) is 3.63. The minimum absolute atomic E-state index is 0.101. The molecule has 2 aromatic heterocycles. The monoisotopic (exact) mass is 465 g/mol. The molecule has 2 aromatic carbocycles. The molecule has 4 aromatic rings. The van der Waals surface area contributed by atoms with E-state index in [0.717, 1.165) is 12.0 Å². The molecule has 0 radical (unpaired) electrons. The van der Waals surface area contributed by atoms with Crippen molar-refractivity contribution in [3.05, 3.63) is 65.1 Å². The number of likely N-dealkylation sites (tertiary alicyclic amines) is 1. The van der Waals surface area contributed by atoms with Gasteiger partial charge in [-0.3, -0.25) is 9.20 Å². The van der Waals surface area contributed by atoms with Gasteiger partial charge in [0, 0.05) is 12.6 Å². The molecule has 2 aliphatic rings. The van der Waals surface area contributed by atoms with Crippen molar-refractivity contribution < 1.29 is 23.0 Å². The molecule has 1 saturated heterocycles. The summed E-state index contributed by atoms with van der Waals surface area (Å²) in [4.78, 5) is 23.6. The van der Waals surface area contributed by atoms with Gasteiger partial charge in [-0.05, 0) is 42.2 Å². The number of benzene rings is 2. The third-order valence-electron chi connectivity index (χ3n) is 6.72. The van der Waals surface area contributed by atoms with E-state index in [-0.39, 0.29) is 23.2 Å². The van der Waals surface area contributed by atoms with E-state index in [1.54, 1.807) is 27.9 Å². The number of methoxy groups -OCH3 is 1. The number of nitrogen functional groups attached to an aromatic ring is 1. The van der Waals surface area contributed by atoms with Gasteiger partial charge in [0.05, 0.1) is 55.0 Å². The van der Waals surface area contributed by atoms with Gasteiger partial charge >= 0.3 is 0 Å². The topological polar surface area (TPSA) is 95.0 Å². The minimum atomic E-state index is -0.705. The van der Waals surface area contributed by atoms with Crippen molar-refractivity contribution in [2.75, 3.05) is 19.4 Å². The van der Waals surface area contributed by atoms with Crippen LogP contribution in [-0.4, -0.2) is 44.9 Å². The number of hydrogen-bond acceptors (Lipinski definition) is 6. The van der Waals surface area contributed by atoms with Crippen LogP contribution in [0.4, 0.5) is 14.6 Å². The Morgan fingerprint density at radius 1 is 1.21 bits per heavy atom. The molecule has 174 valence electrons. The van der Waals surface area contributed by atoms with Crippen LogP contribution in [0.15, 0.2) is 36.8 Å². The minimum Gasteiger partial charge on any atom is -0.494 e. The summed E-state index contributed by atoms with van der Waals surface area (Å²) in [6.07, 6.45) is 4.21. The van der Waals surface area contributed by atoms with Crippen LogP contribution >= 0.6 is 0 Å². The van der Waals surface area contributed by atoms with E-state index in [9.17, 15) is 9.18 Å². The normalized spacial score (nSPS) is 19.8. The van der Waals surface area contributed by atoms with Crippen molar-refractivity contribution in [1.82, 2.24) is 19.3 Å². The van der Waals surface area contributed by atoms with Gasteiger partial charge in [-0.1, -0.05) is 0 Å². The van der Waals surface area contributed by atoms with Crippen LogP contribution in [-0.2, 0) is 11.3 Å². The number of anilines is 1. The molecule has 1 fully saturated rings. The second kappa shape index (κ2) is 7.63. The number of rotatable bonds is 2. The summed E-state index contributed by atoms with van der Waals surface area (Å²) < 4.78 is 42.6. The molecule has 2 atom stereocenters. The lowest BCUT2D eigenvalue weighted by Gasteiger charge is -2.44. The lowest BCUT2D eigenvalue weighted by atomic mass is 9.86. The molecule has 2 aliphatic heterocycles. The molecule has 0 saturated carbocycles. The molecule has 1 amide bonds.